The summed E-state index contributed by atoms with van der Waals surface area (Å²) in [5.41, 5.74) is 1.31. The monoisotopic (exact) mass is 542 g/mol. The topological polar surface area (TPSA) is 66.0 Å². The van der Waals surface area contributed by atoms with Crippen LogP contribution in [0.2, 0.25) is 0 Å². The van der Waals surface area contributed by atoms with Gasteiger partial charge in [-0.25, -0.2) is 0 Å². The summed E-state index contributed by atoms with van der Waals surface area (Å²) in [6, 6.07) is 10.7. The van der Waals surface area contributed by atoms with Crippen LogP contribution in [-0.4, -0.2) is 62.7 Å². The molecule has 1 unspecified atom stereocenters. The third-order valence-corrected chi connectivity index (χ3v) is 6.15. The van der Waals surface area contributed by atoms with Crippen LogP contribution < -0.4 is 10.6 Å². The van der Waals surface area contributed by atoms with Gasteiger partial charge in [-0.05, 0) is 37.7 Å². The van der Waals surface area contributed by atoms with Crippen molar-refractivity contribution in [3.05, 3.63) is 35.9 Å². The van der Waals surface area contributed by atoms with Crippen molar-refractivity contribution in [2.75, 3.05) is 39.9 Å². The van der Waals surface area contributed by atoms with Gasteiger partial charge in [0.25, 0.3) is 0 Å². The van der Waals surface area contributed by atoms with Crippen LogP contribution in [0.4, 0.5) is 0 Å². The lowest BCUT2D eigenvalue weighted by molar-refractivity contribution is -0.135. The van der Waals surface area contributed by atoms with E-state index in [0.717, 1.165) is 70.9 Å². The van der Waals surface area contributed by atoms with E-state index in [1.54, 1.807) is 7.05 Å². The second-order valence-electron chi connectivity index (χ2n) is 8.45. The Hall–Kier alpha value is -1.35. The fourth-order valence-corrected chi connectivity index (χ4v) is 4.39. The van der Waals surface area contributed by atoms with Gasteiger partial charge in [0, 0.05) is 45.2 Å². The number of rotatable bonds is 9. The maximum atomic E-state index is 12.7. The van der Waals surface area contributed by atoms with Crippen molar-refractivity contribution in [3.63, 3.8) is 0 Å². The van der Waals surface area contributed by atoms with Gasteiger partial charge in [-0.1, -0.05) is 49.6 Å². The Morgan fingerprint density at radius 3 is 2.65 bits per heavy atom. The molecule has 6 nitrogen and oxygen atoms in total. The van der Waals surface area contributed by atoms with E-state index in [1.807, 2.05) is 6.07 Å². The molecule has 1 atom stereocenters. The number of aliphatic imine (C=N–C) groups is 1. The largest absolute Gasteiger partial charge is 0.381 e. The fourth-order valence-electron chi connectivity index (χ4n) is 4.39. The van der Waals surface area contributed by atoms with E-state index in [2.05, 4.69) is 44.8 Å². The van der Waals surface area contributed by atoms with Crippen molar-refractivity contribution in [1.82, 2.24) is 15.5 Å². The zero-order valence-corrected chi connectivity index (χ0v) is 21.2. The number of nitrogens with one attached hydrogen (secondary N) is 2. The Labute approximate surface area is 204 Å². The molecule has 0 bridgehead atoms. The van der Waals surface area contributed by atoms with Crippen LogP contribution in [0, 0.1) is 5.92 Å². The van der Waals surface area contributed by atoms with Gasteiger partial charge in [-0.15, -0.1) is 24.0 Å². The maximum Gasteiger partial charge on any atom is 0.225 e. The summed E-state index contributed by atoms with van der Waals surface area (Å²) in [4.78, 5) is 19.1. The van der Waals surface area contributed by atoms with E-state index in [4.69, 9.17) is 4.74 Å². The Morgan fingerprint density at radius 2 is 1.90 bits per heavy atom. The lowest BCUT2D eigenvalue weighted by Gasteiger charge is -2.26. The minimum Gasteiger partial charge on any atom is -0.381 e. The molecular weight excluding hydrogens is 503 g/mol. The third-order valence-electron chi connectivity index (χ3n) is 6.15. The zero-order valence-electron chi connectivity index (χ0n) is 18.9. The smallest absolute Gasteiger partial charge is 0.225 e. The normalized spacial score (nSPS) is 19.7. The number of carbonyl (C=O) groups is 1. The molecule has 1 aromatic carbocycles. The summed E-state index contributed by atoms with van der Waals surface area (Å²) in [5.74, 6) is 1.45. The highest BCUT2D eigenvalue weighted by atomic mass is 127. The number of amides is 1. The summed E-state index contributed by atoms with van der Waals surface area (Å²) < 4.78 is 5.74. The second-order valence-corrected chi connectivity index (χ2v) is 8.45. The average molecular weight is 543 g/mol. The Kier molecular flexibility index (Phi) is 12.3. The highest BCUT2D eigenvalue weighted by Gasteiger charge is 2.31. The summed E-state index contributed by atoms with van der Waals surface area (Å²) in [7, 11) is 1.80. The summed E-state index contributed by atoms with van der Waals surface area (Å²) in [6.07, 6.45) is 8.72. The molecule has 2 aliphatic rings. The first-order chi connectivity index (χ1) is 14.8. The van der Waals surface area contributed by atoms with Crippen LogP contribution in [0.15, 0.2) is 35.3 Å². The lowest BCUT2D eigenvalue weighted by Crippen LogP contribution is -2.45. The molecule has 1 saturated heterocycles. The number of nitrogens with zero attached hydrogens (tertiary/aromatic N) is 2. The van der Waals surface area contributed by atoms with E-state index in [9.17, 15) is 4.79 Å². The van der Waals surface area contributed by atoms with Gasteiger partial charge >= 0.3 is 0 Å². The Bertz CT molecular complexity index is 665. The Balaban J connectivity index is 0.00000341. The van der Waals surface area contributed by atoms with Crippen LogP contribution >= 0.6 is 24.0 Å². The second kappa shape index (κ2) is 14.7. The molecule has 174 valence electrons. The molecule has 2 N–H and O–H groups in total. The molecule has 1 aromatic rings. The molecule has 1 aliphatic heterocycles. The molecule has 1 heterocycles. The molecule has 0 radical (unpaired) electrons. The summed E-state index contributed by atoms with van der Waals surface area (Å²) in [6.45, 7) is 3.97. The van der Waals surface area contributed by atoms with E-state index in [-0.39, 0.29) is 35.9 Å². The standard InChI is InChI=1S/C24H38N4O2.HI/c1-25-24(26-15-8-17-30-18-14-20-9-4-2-5-10-20)27-22-13-16-28(19-22)23(29)21-11-6-3-7-12-21;/h2,4-5,9-10,21-22H,3,6-8,11-19H2,1H3,(H2,25,26,27);1H. The van der Waals surface area contributed by atoms with Crippen LogP contribution in [0.5, 0.6) is 0 Å². The summed E-state index contributed by atoms with van der Waals surface area (Å²) in [5, 5.41) is 6.85. The fraction of sp³-hybridized carbons (Fsp3) is 0.667. The molecule has 1 saturated carbocycles. The number of halogens is 1. The van der Waals surface area contributed by atoms with Gasteiger partial charge in [-0.2, -0.15) is 0 Å². The maximum absolute atomic E-state index is 12.7. The molecule has 1 aliphatic carbocycles. The molecule has 1 amide bonds. The first kappa shape index (κ1) is 25.9. The van der Waals surface area contributed by atoms with Gasteiger partial charge in [-0.3, -0.25) is 9.79 Å². The van der Waals surface area contributed by atoms with Crippen molar-refractivity contribution in [2.24, 2.45) is 10.9 Å². The SMILES string of the molecule is CN=C(NCCCOCCc1ccccc1)NC1CCN(C(=O)C2CCCCC2)C1.I. The number of hydrogen-bond acceptors (Lipinski definition) is 3. The van der Waals surface area contributed by atoms with Crippen LogP contribution in [-0.2, 0) is 16.0 Å². The van der Waals surface area contributed by atoms with Gasteiger partial charge < -0.3 is 20.3 Å². The third kappa shape index (κ3) is 8.96. The molecule has 7 heteroatoms. The number of hydrogen-bond donors (Lipinski definition) is 2. The number of guanidine groups is 1. The van der Waals surface area contributed by atoms with Crippen molar-refractivity contribution in [3.8, 4) is 0 Å². The predicted molar refractivity (Wildman–Crippen MR) is 137 cm³/mol. The number of likely N-dealkylation sites (tertiary alicyclic amines) is 1. The molecule has 0 spiro atoms. The number of carbonyl (C=O) groups excluding carboxylic acids is 1. The van der Waals surface area contributed by atoms with Crippen LogP contribution in [0.1, 0.15) is 50.5 Å². The first-order valence-corrected chi connectivity index (χ1v) is 11.6. The van der Waals surface area contributed by atoms with Gasteiger partial charge in [0.15, 0.2) is 5.96 Å². The number of benzene rings is 1. The van der Waals surface area contributed by atoms with Gasteiger partial charge in [0.2, 0.25) is 5.91 Å². The molecule has 3 rings (SSSR count). The predicted octanol–water partition coefficient (Wildman–Crippen LogP) is 3.60. The summed E-state index contributed by atoms with van der Waals surface area (Å²) >= 11 is 0. The van der Waals surface area contributed by atoms with Gasteiger partial charge in [0.1, 0.15) is 0 Å². The van der Waals surface area contributed by atoms with E-state index < -0.39 is 0 Å². The minimum atomic E-state index is 0. The quantitative estimate of drug-likeness (QED) is 0.217. The highest BCUT2D eigenvalue weighted by molar-refractivity contribution is 14.0. The van der Waals surface area contributed by atoms with Crippen molar-refractivity contribution in [2.45, 2.75) is 57.4 Å². The number of ether oxygens (including phenoxy) is 1. The van der Waals surface area contributed by atoms with Crippen molar-refractivity contribution < 1.29 is 9.53 Å². The first-order valence-electron chi connectivity index (χ1n) is 11.6. The minimum absolute atomic E-state index is 0. The van der Waals surface area contributed by atoms with Crippen LogP contribution in [0.3, 0.4) is 0 Å². The van der Waals surface area contributed by atoms with Crippen molar-refractivity contribution in [1.29, 1.82) is 0 Å². The van der Waals surface area contributed by atoms with E-state index in [1.165, 1.54) is 24.8 Å². The van der Waals surface area contributed by atoms with E-state index >= 15 is 0 Å². The lowest BCUT2D eigenvalue weighted by atomic mass is 9.88. The zero-order chi connectivity index (χ0) is 21.0. The molecule has 0 aromatic heterocycles. The van der Waals surface area contributed by atoms with E-state index in [0.29, 0.717) is 5.91 Å². The molecule has 2 fully saturated rings. The van der Waals surface area contributed by atoms with Crippen LogP contribution in [0.25, 0.3) is 0 Å². The van der Waals surface area contributed by atoms with Gasteiger partial charge in [0.05, 0.1) is 6.61 Å². The van der Waals surface area contributed by atoms with Crippen molar-refractivity contribution >= 4 is 35.8 Å². The highest BCUT2D eigenvalue weighted by Crippen LogP contribution is 2.26. The molecular formula is C24H39IN4O2. The average Bonchev–Trinajstić information content (AvgIpc) is 3.27. The molecule has 31 heavy (non-hydrogen) atoms. The Morgan fingerprint density at radius 1 is 1.13 bits per heavy atom.